The maximum absolute atomic E-state index is 12.7. The molecule has 3 aliphatic heterocycles. The Balaban J connectivity index is 1.20. The molecule has 0 aromatic carbocycles. The van der Waals surface area contributed by atoms with Gasteiger partial charge in [0.15, 0.2) is 4.21 Å². The molecule has 0 amide bonds. The zero-order chi connectivity index (χ0) is 16.4. The first-order chi connectivity index (χ1) is 11.6. The first-order valence-corrected chi connectivity index (χ1v) is 11.1. The van der Waals surface area contributed by atoms with Crippen LogP contribution < -0.4 is 0 Å². The van der Waals surface area contributed by atoms with Gasteiger partial charge in [0.2, 0.25) is 0 Å². The van der Waals surface area contributed by atoms with Crippen molar-refractivity contribution in [3.8, 4) is 0 Å². The smallest absolute Gasteiger partial charge is 0.254 e. The number of likely N-dealkylation sites (tertiary alicyclic amines) is 1. The highest BCUT2D eigenvalue weighted by molar-refractivity contribution is 7.91. The Bertz CT molecular complexity index is 724. The Kier molecular flexibility index (Phi) is 3.58. The van der Waals surface area contributed by atoms with E-state index in [0.29, 0.717) is 29.3 Å². The van der Waals surface area contributed by atoms with Crippen LogP contribution in [0.2, 0.25) is 0 Å². The van der Waals surface area contributed by atoms with Gasteiger partial charge in [-0.25, -0.2) is 13.4 Å². The number of thiazole rings is 1. The van der Waals surface area contributed by atoms with Crippen molar-refractivity contribution in [3.63, 3.8) is 0 Å². The average Bonchev–Trinajstić information content (AvgIpc) is 3.22. The van der Waals surface area contributed by atoms with Crippen molar-refractivity contribution < 1.29 is 13.2 Å². The van der Waals surface area contributed by atoms with Gasteiger partial charge in [-0.1, -0.05) is 0 Å². The molecule has 1 aromatic rings. The van der Waals surface area contributed by atoms with Gasteiger partial charge >= 0.3 is 0 Å². The summed E-state index contributed by atoms with van der Waals surface area (Å²) in [6.07, 6.45) is 6.10. The van der Waals surface area contributed by atoms with E-state index in [4.69, 9.17) is 4.74 Å². The van der Waals surface area contributed by atoms with Gasteiger partial charge in [-0.3, -0.25) is 4.90 Å². The SMILES string of the molecule is O=S(=O)(c1cnc(C2CC2)s1)N1CC2(CN(C3CCOCC3)C2)C1. The summed E-state index contributed by atoms with van der Waals surface area (Å²) in [5, 5.41) is 0.998. The van der Waals surface area contributed by atoms with Crippen LogP contribution in [0.4, 0.5) is 0 Å². The monoisotopic (exact) mass is 369 g/mol. The Hall–Kier alpha value is -0.540. The Morgan fingerprint density at radius 1 is 1.12 bits per heavy atom. The van der Waals surface area contributed by atoms with Crippen LogP contribution in [-0.4, -0.2) is 68.0 Å². The topological polar surface area (TPSA) is 62.7 Å². The molecule has 1 aromatic heterocycles. The number of hydrogen-bond acceptors (Lipinski definition) is 6. The second-order valence-corrected chi connectivity index (χ2v) is 11.0. The maximum Gasteiger partial charge on any atom is 0.254 e. The molecule has 132 valence electrons. The first kappa shape index (κ1) is 15.7. The summed E-state index contributed by atoms with van der Waals surface area (Å²) in [5.41, 5.74) is 0.204. The lowest BCUT2D eigenvalue weighted by Gasteiger charge is -2.61. The van der Waals surface area contributed by atoms with E-state index in [1.54, 1.807) is 10.5 Å². The van der Waals surface area contributed by atoms with Crippen molar-refractivity contribution >= 4 is 21.4 Å². The van der Waals surface area contributed by atoms with Crippen LogP contribution in [0.3, 0.4) is 0 Å². The highest BCUT2D eigenvalue weighted by atomic mass is 32.2. The first-order valence-electron chi connectivity index (χ1n) is 8.84. The van der Waals surface area contributed by atoms with Gasteiger partial charge in [0, 0.05) is 56.8 Å². The summed E-state index contributed by atoms with van der Waals surface area (Å²) in [7, 11) is -3.33. The Morgan fingerprint density at radius 2 is 1.83 bits per heavy atom. The molecule has 24 heavy (non-hydrogen) atoms. The molecule has 8 heteroatoms. The third kappa shape index (κ3) is 2.54. The normalized spacial score (nSPS) is 28.7. The lowest BCUT2D eigenvalue weighted by Crippen LogP contribution is -2.74. The molecule has 4 heterocycles. The summed E-state index contributed by atoms with van der Waals surface area (Å²) < 4.78 is 33.0. The number of ether oxygens (including phenoxy) is 1. The van der Waals surface area contributed by atoms with E-state index < -0.39 is 10.0 Å². The second-order valence-electron chi connectivity index (χ2n) is 7.81. The Morgan fingerprint density at radius 3 is 2.50 bits per heavy atom. The molecule has 5 rings (SSSR count). The van der Waals surface area contributed by atoms with Crippen molar-refractivity contribution in [2.24, 2.45) is 5.41 Å². The predicted octanol–water partition coefficient (Wildman–Crippen LogP) is 1.51. The minimum Gasteiger partial charge on any atom is -0.381 e. The minimum absolute atomic E-state index is 0.204. The zero-order valence-corrected chi connectivity index (χ0v) is 15.3. The third-order valence-corrected chi connectivity index (χ3v) is 9.22. The van der Waals surface area contributed by atoms with Crippen molar-refractivity contribution in [1.82, 2.24) is 14.2 Å². The molecular formula is C16H23N3O3S2. The molecule has 0 N–H and O–H groups in total. The van der Waals surface area contributed by atoms with Gasteiger partial charge in [0.05, 0.1) is 11.2 Å². The van der Waals surface area contributed by atoms with Gasteiger partial charge in [0.1, 0.15) is 0 Å². The van der Waals surface area contributed by atoms with Crippen LogP contribution in [0.1, 0.15) is 36.6 Å². The van der Waals surface area contributed by atoms with Crippen LogP contribution in [0.15, 0.2) is 10.4 Å². The number of rotatable bonds is 4. The third-order valence-electron chi connectivity index (χ3n) is 5.83. The summed E-state index contributed by atoms with van der Waals surface area (Å²) in [6.45, 7) is 5.16. The molecule has 1 aliphatic carbocycles. The quantitative estimate of drug-likeness (QED) is 0.805. The average molecular weight is 370 g/mol. The van der Waals surface area contributed by atoms with E-state index in [0.717, 1.165) is 57.0 Å². The van der Waals surface area contributed by atoms with E-state index in [2.05, 4.69) is 9.88 Å². The van der Waals surface area contributed by atoms with Crippen LogP contribution in [-0.2, 0) is 14.8 Å². The van der Waals surface area contributed by atoms with E-state index in [-0.39, 0.29) is 5.41 Å². The molecule has 4 fully saturated rings. The number of sulfonamides is 1. The molecule has 3 saturated heterocycles. The van der Waals surface area contributed by atoms with E-state index in [1.807, 2.05) is 0 Å². The van der Waals surface area contributed by atoms with Crippen LogP contribution in [0, 0.1) is 5.41 Å². The standard InChI is InChI=1S/C16H23N3O3S2/c20-24(21,14-7-17-15(23-14)12-1-2-12)19-10-16(11-19)8-18(9-16)13-3-5-22-6-4-13/h7,12-13H,1-6,8-11H2. The van der Waals surface area contributed by atoms with Gasteiger partial charge < -0.3 is 4.74 Å². The van der Waals surface area contributed by atoms with E-state index in [1.165, 1.54) is 11.3 Å². The predicted molar refractivity (Wildman–Crippen MR) is 90.7 cm³/mol. The maximum atomic E-state index is 12.7. The fraction of sp³-hybridized carbons (Fsp3) is 0.812. The fourth-order valence-corrected chi connectivity index (χ4v) is 7.37. The fourth-order valence-electron chi connectivity index (χ4n) is 4.23. The van der Waals surface area contributed by atoms with Crippen molar-refractivity contribution in [1.29, 1.82) is 0 Å². The van der Waals surface area contributed by atoms with E-state index >= 15 is 0 Å². The largest absolute Gasteiger partial charge is 0.381 e. The van der Waals surface area contributed by atoms with Gasteiger partial charge in [-0.2, -0.15) is 4.31 Å². The summed E-state index contributed by atoms with van der Waals surface area (Å²) in [4.78, 5) is 6.84. The number of nitrogens with zero attached hydrogens (tertiary/aromatic N) is 3. The summed E-state index contributed by atoms with van der Waals surface area (Å²) >= 11 is 1.37. The highest BCUT2D eigenvalue weighted by Crippen LogP contribution is 2.46. The molecule has 0 radical (unpaired) electrons. The number of aromatic nitrogens is 1. The van der Waals surface area contributed by atoms with Crippen LogP contribution in [0.25, 0.3) is 0 Å². The minimum atomic E-state index is -3.33. The summed E-state index contributed by atoms with van der Waals surface area (Å²) in [5.74, 6) is 0.515. The lowest BCUT2D eigenvalue weighted by molar-refractivity contribution is -0.116. The molecule has 1 saturated carbocycles. The van der Waals surface area contributed by atoms with Crippen LogP contribution in [0.5, 0.6) is 0 Å². The zero-order valence-electron chi connectivity index (χ0n) is 13.7. The molecule has 4 aliphatic rings. The summed E-state index contributed by atoms with van der Waals surface area (Å²) in [6, 6.07) is 0.637. The van der Waals surface area contributed by atoms with Crippen molar-refractivity contribution in [2.75, 3.05) is 39.4 Å². The molecule has 0 bridgehead atoms. The van der Waals surface area contributed by atoms with Gasteiger partial charge in [0.25, 0.3) is 10.0 Å². The molecule has 1 spiro atoms. The second kappa shape index (κ2) is 5.48. The highest BCUT2D eigenvalue weighted by Gasteiger charge is 2.56. The van der Waals surface area contributed by atoms with Crippen molar-refractivity contribution in [3.05, 3.63) is 11.2 Å². The molecule has 0 atom stereocenters. The van der Waals surface area contributed by atoms with E-state index in [9.17, 15) is 8.42 Å². The van der Waals surface area contributed by atoms with Gasteiger partial charge in [-0.15, -0.1) is 11.3 Å². The lowest BCUT2D eigenvalue weighted by atomic mass is 9.73. The van der Waals surface area contributed by atoms with Crippen molar-refractivity contribution in [2.45, 2.75) is 41.9 Å². The van der Waals surface area contributed by atoms with Gasteiger partial charge in [-0.05, 0) is 25.7 Å². The Labute approximate surface area is 146 Å². The van der Waals surface area contributed by atoms with Crippen LogP contribution >= 0.6 is 11.3 Å². The molecular weight excluding hydrogens is 346 g/mol. The number of hydrogen-bond donors (Lipinski definition) is 0. The molecule has 0 unspecified atom stereocenters. The molecule has 6 nitrogen and oxygen atoms in total.